The summed E-state index contributed by atoms with van der Waals surface area (Å²) >= 11 is 0. The maximum atomic E-state index is 8.61. The summed E-state index contributed by atoms with van der Waals surface area (Å²) in [5.74, 6) is 0.541. The lowest BCUT2D eigenvalue weighted by molar-refractivity contribution is 0.00822. The molecule has 0 aromatic heterocycles. The number of hydrogen-bond donors (Lipinski definition) is 2. The lowest BCUT2D eigenvalue weighted by Crippen LogP contribution is -2.53. The molecule has 0 saturated carbocycles. The Balaban J connectivity index is 1.76. The van der Waals surface area contributed by atoms with Gasteiger partial charge in [-0.15, -0.1) is 0 Å². The topological polar surface area (TPSA) is 77.2 Å². The van der Waals surface area contributed by atoms with Gasteiger partial charge in [-0.2, -0.15) is 0 Å². The van der Waals surface area contributed by atoms with Crippen molar-refractivity contribution in [3.8, 4) is 0 Å². The largest absolute Gasteiger partial charge is 0.399 e. The van der Waals surface area contributed by atoms with Crippen molar-refractivity contribution in [2.45, 2.75) is 32.7 Å². The molecule has 1 aliphatic heterocycles. The summed E-state index contributed by atoms with van der Waals surface area (Å²) in [6.07, 6.45) is 1.05. The van der Waals surface area contributed by atoms with Crippen molar-refractivity contribution in [2.24, 2.45) is 5.92 Å². The maximum Gasteiger partial charge on any atom is 0.0701 e. The molecule has 0 bridgehead atoms. The second kappa shape index (κ2) is 10.1. The Bertz CT molecular complexity index is 551. The van der Waals surface area contributed by atoms with E-state index in [2.05, 4.69) is 37.8 Å². The number of rotatable bonds is 11. The Morgan fingerprint density at radius 1 is 1.08 bits per heavy atom. The Kier molecular flexibility index (Phi) is 8.15. The van der Waals surface area contributed by atoms with E-state index in [0.717, 1.165) is 18.7 Å². The predicted molar refractivity (Wildman–Crippen MR) is 105 cm³/mol. The van der Waals surface area contributed by atoms with Gasteiger partial charge in [0.1, 0.15) is 0 Å². The molecule has 1 aliphatic rings. The summed E-state index contributed by atoms with van der Waals surface area (Å²) in [6.45, 7) is 10.9. The summed E-state index contributed by atoms with van der Waals surface area (Å²) in [5, 5.41) is 8.61. The number of nitrogen functional groups attached to an aromatic ring is 1. The van der Waals surface area contributed by atoms with Crippen LogP contribution in [-0.4, -0.2) is 63.4 Å². The number of nitrogens with two attached hydrogens (primary N) is 1. The average molecular weight is 367 g/mol. The quantitative estimate of drug-likeness (QED) is 0.461. The number of ether oxygens (including phenoxy) is 3. The second-order valence-electron chi connectivity index (χ2n) is 7.36. The molecule has 0 amide bonds. The van der Waals surface area contributed by atoms with E-state index in [1.807, 2.05) is 6.07 Å². The molecule has 2 rings (SSSR count). The van der Waals surface area contributed by atoms with E-state index in [-0.39, 0.29) is 12.1 Å². The van der Waals surface area contributed by atoms with Gasteiger partial charge in [0.2, 0.25) is 0 Å². The van der Waals surface area contributed by atoms with E-state index in [4.69, 9.17) is 25.1 Å². The number of aliphatic hydroxyl groups is 1. The SMILES string of the molecule is CC1Cc2cc(N)ccc2N(CCOCCOCCOCCO)C1(C)C. The maximum absolute atomic E-state index is 8.61. The number of hydrogen-bond acceptors (Lipinski definition) is 6. The molecule has 6 nitrogen and oxygen atoms in total. The highest BCUT2D eigenvalue weighted by Gasteiger charge is 2.38. The minimum atomic E-state index is 0.0459. The van der Waals surface area contributed by atoms with Crippen LogP contribution in [0.25, 0.3) is 0 Å². The molecule has 1 aromatic carbocycles. The smallest absolute Gasteiger partial charge is 0.0701 e. The van der Waals surface area contributed by atoms with E-state index in [0.29, 0.717) is 45.6 Å². The van der Waals surface area contributed by atoms with Crippen LogP contribution in [0.4, 0.5) is 11.4 Å². The third-order valence-electron chi connectivity index (χ3n) is 5.26. The van der Waals surface area contributed by atoms with Crippen LogP contribution in [0.3, 0.4) is 0 Å². The molecule has 6 heteroatoms. The molecule has 0 radical (unpaired) electrons. The van der Waals surface area contributed by atoms with Crippen molar-refractivity contribution in [3.63, 3.8) is 0 Å². The van der Waals surface area contributed by atoms with E-state index < -0.39 is 0 Å². The third-order valence-corrected chi connectivity index (χ3v) is 5.26. The minimum Gasteiger partial charge on any atom is -0.399 e. The highest BCUT2D eigenvalue weighted by molar-refractivity contribution is 5.63. The molecule has 3 N–H and O–H groups in total. The van der Waals surface area contributed by atoms with Crippen LogP contribution < -0.4 is 10.6 Å². The fourth-order valence-electron chi connectivity index (χ4n) is 3.36. The molecule has 0 fully saturated rings. The van der Waals surface area contributed by atoms with E-state index >= 15 is 0 Å². The van der Waals surface area contributed by atoms with E-state index in [1.54, 1.807) is 0 Å². The van der Waals surface area contributed by atoms with Crippen molar-refractivity contribution in [1.29, 1.82) is 0 Å². The van der Waals surface area contributed by atoms with Gasteiger partial charge in [-0.3, -0.25) is 0 Å². The van der Waals surface area contributed by atoms with Gasteiger partial charge in [0.25, 0.3) is 0 Å². The van der Waals surface area contributed by atoms with Crippen LogP contribution >= 0.6 is 0 Å². The van der Waals surface area contributed by atoms with E-state index in [9.17, 15) is 0 Å². The van der Waals surface area contributed by atoms with Crippen molar-refractivity contribution in [3.05, 3.63) is 23.8 Å². The zero-order valence-electron chi connectivity index (χ0n) is 16.4. The van der Waals surface area contributed by atoms with Gasteiger partial charge in [0, 0.05) is 23.5 Å². The van der Waals surface area contributed by atoms with E-state index in [1.165, 1.54) is 11.3 Å². The van der Waals surface area contributed by atoms with Gasteiger partial charge in [0.15, 0.2) is 0 Å². The summed E-state index contributed by atoms with van der Waals surface area (Å²) in [5.41, 5.74) is 9.46. The molecule has 1 atom stereocenters. The molecule has 1 unspecified atom stereocenters. The van der Waals surface area contributed by atoms with Gasteiger partial charge >= 0.3 is 0 Å². The minimum absolute atomic E-state index is 0.0459. The monoisotopic (exact) mass is 366 g/mol. The van der Waals surface area contributed by atoms with Crippen molar-refractivity contribution in [2.75, 3.05) is 63.4 Å². The summed E-state index contributed by atoms with van der Waals surface area (Å²) < 4.78 is 16.3. The van der Waals surface area contributed by atoms with Crippen LogP contribution in [0.2, 0.25) is 0 Å². The summed E-state index contributed by atoms with van der Waals surface area (Å²) in [6, 6.07) is 6.21. The summed E-state index contributed by atoms with van der Waals surface area (Å²) in [7, 11) is 0. The van der Waals surface area contributed by atoms with Crippen LogP contribution in [0, 0.1) is 5.92 Å². The first-order chi connectivity index (χ1) is 12.5. The third kappa shape index (κ3) is 5.58. The molecule has 1 aromatic rings. The lowest BCUT2D eigenvalue weighted by Gasteiger charge is -2.49. The molecule has 26 heavy (non-hydrogen) atoms. The number of anilines is 2. The lowest BCUT2D eigenvalue weighted by atomic mass is 9.78. The van der Waals surface area contributed by atoms with Crippen molar-refractivity contribution >= 4 is 11.4 Å². The molecule has 148 valence electrons. The van der Waals surface area contributed by atoms with Gasteiger partial charge in [-0.05, 0) is 49.9 Å². The normalized spacial score (nSPS) is 18.8. The van der Waals surface area contributed by atoms with Crippen LogP contribution in [0.5, 0.6) is 0 Å². The standard InChI is InChI=1S/C20H34N2O4/c1-16-14-17-15-18(21)4-5-19(17)22(20(16,2)3)6-8-24-10-12-26-13-11-25-9-7-23/h4-5,15-16,23H,6-14,21H2,1-3H3. The molecular weight excluding hydrogens is 332 g/mol. The van der Waals surface area contributed by atoms with Crippen molar-refractivity contribution < 1.29 is 19.3 Å². The second-order valence-corrected chi connectivity index (χ2v) is 7.36. The Morgan fingerprint density at radius 3 is 2.35 bits per heavy atom. The van der Waals surface area contributed by atoms with Crippen LogP contribution in [-0.2, 0) is 20.6 Å². The zero-order chi connectivity index (χ0) is 19.0. The highest BCUT2D eigenvalue weighted by atomic mass is 16.5. The first-order valence-electron chi connectivity index (χ1n) is 9.47. The summed E-state index contributed by atoms with van der Waals surface area (Å²) in [4.78, 5) is 2.44. The number of benzene rings is 1. The molecular formula is C20H34N2O4. The molecule has 0 spiro atoms. The Labute approximate surface area is 157 Å². The number of aliphatic hydroxyl groups excluding tert-OH is 1. The zero-order valence-corrected chi connectivity index (χ0v) is 16.4. The fraction of sp³-hybridized carbons (Fsp3) is 0.700. The van der Waals surface area contributed by atoms with Gasteiger partial charge in [0.05, 0.1) is 46.2 Å². The Hall–Kier alpha value is -1.34. The predicted octanol–water partition coefficient (Wildman–Crippen LogP) is 2.09. The first-order valence-corrected chi connectivity index (χ1v) is 9.47. The molecule has 0 aliphatic carbocycles. The highest BCUT2D eigenvalue weighted by Crippen LogP contribution is 2.40. The molecule has 1 heterocycles. The number of fused-ring (bicyclic) bond motifs is 1. The van der Waals surface area contributed by atoms with Crippen molar-refractivity contribution in [1.82, 2.24) is 0 Å². The Morgan fingerprint density at radius 2 is 1.69 bits per heavy atom. The van der Waals surface area contributed by atoms with Gasteiger partial charge in [-0.1, -0.05) is 6.92 Å². The van der Waals surface area contributed by atoms with Gasteiger partial charge < -0.3 is 30.0 Å². The first kappa shape index (κ1) is 21.0. The number of nitrogens with zero attached hydrogens (tertiary/aromatic N) is 1. The average Bonchev–Trinajstić information content (AvgIpc) is 2.59. The molecule has 0 saturated heterocycles. The van der Waals surface area contributed by atoms with Crippen LogP contribution in [0.15, 0.2) is 18.2 Å². The fourth-order valence-corrected chi connectivity index (χ4v) is 3.36. The van der Waals surface area contributed by atoms with Crippen LogP contribution in [0.1, 0.15) is 26.3 Å². The van der Waals surface area contributed by atoms with Gasteiger partial charge in [-0.25, -0.2) is 0 Å².